The largest absolute Gasteiger partial charge is 0.480 e. The number of carboxylic acid groups (broad SMARTS) is 2. The van der Waals surface area contributed by atoms with Crippen LogP contribution in [-0.4, -0.2) is 43.9 Å². The van der Waals surface area contributed by atoms with Crippen LogP contribution in [0.3, 0.4) is 0 Å². The lowest BCUT2D eigenvalue weighted by atomic mass is 9.88. The van der Waals surface area contributed by atoms with E-state index in [-0.39, 0.29) is 36.1 Å². The molecule has 0 bridgehead atoms. The smallest absolute Gasteiger partial charge is 0.336 e. The van der Waals surface area contributed by atoms with Gasteiger partial charge in [-0.15, -0.1) is 0 Å². The van der Waals surface area contributed by atoms with E-state index in [1.165, 1.54) is 0 Å². The molecule has 0 saturated carbocycles. The fourth-order valence-corrected chi connectivity index (χ4v) is 2.28. The first-order valence-electron chi connectivity index (χ1n) is 6.32. The number of hydrogen-bond acceptors (Lipinski definition) is 4. The van der Waals surface area contributed by atoms with Gasteiger partial charge in [0.2, 0.25) is 0 Å². The number of rotatable bonds is 6. The number of hydrogen-bond donors (Lipinski definition) is 5. The third kappa shape index (κ3) is 5.88. The SMILES string of the molecule is C.C.C.C.NC(CC(O)(Cc1c[nH]c2ccccc12)C(=O)O)C(=O)O. The van der Waals surface area contributed by atoms with Crippen molar-refractivity contribution in [3.63, 3.8) is 0 Å². The molecule has 2 rings (SSSR count). The van der Waals surface area contributed by atoms with Gasteiger partial charge in [0.25, 0.3) is 0 Å². The van der Waals surface area contributed by atoms with Crippen LogP contribution in [0.15, 0.2) is 30.5 Å². The molecule has 2 atom stereocenters. The lowest BCUT2D eigenvalue weighted by Gasteiger charge is -2.24. The van der Waals surface area contributed by atoms with Crippen molar-refractivity contribution in [1.82, 2.24) is 4.98 Å². The minimum Gasteiger partial charge on any atom is -0.480 e. The molecular weight excluding hydrogens is 324 g/mol. The molecule has 1 aromatic heterocycles. The van der Waals surface area contributed by atoms with Gasteiger partial charge in [0, 0.05) is 29.9 Å². The Morgan fingerprint density at radius 1 is 1.12 bits per heavy atom. The number of nitrogens with two attached hydrogens (primary N) is 1. The minimum atomic E-state index is -2.23. The molecule has 1 heterocycles. The summed E-state index contributed by atoms with van der Waals surface area (Å²) in [4.78, 5) is 25.1. The number of carbonyl (C=O) groups is 2. The van der Waals surface area contributed by atoms with Crippen molar-refractivity contribution in [1.29, 1.82) is 0 Å². The van der Waals surface area contributed by atoms with Crippen molar-refractivity contribution in [2.24, 2.45) is 5.73 Å². The zero-order valence-electron chi connectivity index (χ0n) is 11.1. The Morgan fingerprint density at radius 2 is 1.68 bits per heavy atom. The first kappa shape index (κ1) is 27.5. The van der Waals surface area contributed by atoms with Crippen molar-refractivity contribution in [3.05, 3.63) is 36.0 Å². The van der Waals surface area contributed by atoms with Crippen LogP contribution in [-0.2, 0) is 16.0 Å². The van der Waals surface area contributed by atoms with Gasteiger partial charge in [-0.2, -0.15) is 0 Å². The highest BCUT2D eigenvalue weighted by Crippen LogP contribution is 2.25. The molecule has 2 aromatic rings. The van der Waals surface area contributed by atoms with Gasteiger partial charge in [0.1, 0.15) is 6.04 Å². The van der Waals surface area contributed by atoms with Crippen molar-refractivity contribution in [3.8, 4) is 0 Å². The van der Waals surface area contributed by atoms with Crippen LogP contribution in [0.25, 0.3) is 10.9 Å². The van der Waals surface area contributed by atoms with Crippen LogP contribution in [0.4, 0.5) is 0 Å². The normalized spacial score (nSPS) is 13.0. The monoisotopic (exact) mass is 356 g/mol. The third-order valence-corrected chi connectivity index (χ3v) is 3.43. The number of aromatic amines is 1. The molecule has 0 amide bonds. The van der Waals surface area contributed by atoms with Gasteiger partial charge in [0.15, 0.2) is 5.60 Å². The molecule has 144 valence electrons. The number of aliphatic carboxylic acids is 2. The highest BCUT2D eigenvalue weighted by atomic mass is 16.4. The van der Waals surface area contributed by atoms with E-state index < -0.39 is 30.0 Å². The molecule has 25 heavy (non-hydrogen) atoms. The summed E-state index contributed by atoms with van der Waals surface area (Å²) < 4.78 is 0. The van der Waals surface area contributed by atoms with Crippen molar-refractivity contribution in [2.45, 2.75) is 54.2 Å². The molecule has 0 aliphatic rings. The second kappa shape index (κ2) is 10.5. The molecule has 6 N–H and O–H groups in total. The highest BCUT2D eigenvalue weighted by Gasteiger charge is 2.40. The minimum absolute atomic E-state index is 0. The lowest BCUT2D eigenvalue weighted by molar-refractivity contribution is -0.160. The number of carboxylic acids is 2. The van der Waals surface area contributed by atoms with E-state index in [1.54, 1.807) is 18.3 Å². The van der Waals surface area contributed by atoms with Gasteiger partial charge in [-0.3, -0.25) is 4.79 Å². The Kier molecular flexibility index (Phi) is 11.5. The average Bonchev–Trinajstić information content (AvgIpc) is 2.81. The van der Waals surface area contributed by atoms with Crippen molar-refractivity contribution in [2.75, 3.05) is 0 Å². The summed E-state index contributed by atoms with van der Waals surface area (Å²) in [5.74, 6) is -2.85. The summed E-state index contributed by atoms with van der Waals surface area (Å²) in [5, 5.41) is 29.1. The van der Waals surface area contributed by atoms with Gasteiger partial charge in [-0.1, -0.05) is 47.9 Å². The van der Waals surface area contributed by atoms with Crippen LogP contribution in [0.5, 0.6) is 0 Å². The van der Waals surface area contributed by atoms with E-state index in [0.29, 0.717) is 5.56 Å². The Bertz CT molecular complexity index is 683. The van der Waals surface area contributed by atoms with Crippen LogP contribution in [0, 0.1) is 0 Å². The topological polar surface area (TPSA) is 137 Å². The lowest BCUT2D eigenvalue weighted by Crippen LogP contribution is -2.48. The Balaban J connectivity index is -0.00000121. The Labute approximate surface area is 149 Å². The molecular formula is C18H32N2O5. The average molecular weight is 356 g/mol. The van der Waals surface area contributed by atoms with Crippen molar-refractivity contribution < 1.29 is 24.9 Å². The summed E-state index contributed by atoms with van der Waals surface area (Å²) in [5.41, 5.74) is 4.52. The van der Waals surface area contributed by atoms with Crippen LogP contribution in [0.1, 0.15) is 41.7 Å². The molecule has 0 saturated heterocycles. The van der Waals surface area contributed by atoms with Crippen LogP contribution in [0.2, 0.25) is 0 Å². The second-order valence-corrected chi connectivity index (χ2v) is 5.02. The summed E-state index contributed by atoms with van der Waals surface area (Å²) in [7, 11) is 0. The van der Waals surface area contributed by atoms with Gasteiger partial charge in [-0.25, -0.2) is 4.79 Å². The summed E-state index contributed by atoms with van der Waals surface area (Å²) >= 11 is 0. The molecule has 0 aliphatic carbocycles. The number of fused-ring (bicyclic) bond motifs is 1. The maximum Gasteiger partial charge on any atom is 0.336 e. The predicted octanol–water partition coefficient (Wildman–Crippen LogP) is 2.87. The van der Waals surface area contributed by atoms with Gasteiger partial charge in [0.05, 0.1) is 0 Å². The molecule has 7 nitrogen and oxygen atoms in total. The third-order valence-electron chi connectivity index (χ3n) is 3.43. The summed E-state index contributed by atoms with van der Waals surface area (Å²) in [6, 6.07) is 5.79. The highest BCUT2D eigenvalue weighted by molar-refractivity contribution is 5.85. The first-order valence-corrected chi connectivity index (χ1v) is 6.32. The number of aromatic nitrogens is 1. The van der Waals surface area contributed by atoms with E-state index in [0.717, 1.165) is 10.9 Å². The zero-order valence-corrected chi connectivity index (χ0v) is 11.1. The van der Waals surface area contributed by atoms with E-state index in [9.17, 15) is 19.8 Å². The number of benzene rings is 1. The van der Waals surface area contributed by atoms with Gasteiger partial charge < -0.3 is 26.0 Å². The van der Waals surface area contributed by atoms with Crippen LogP contribution >= 0.6 is 0 Å². The molecule has 2 unspecified atom stereocenters. The van der Waals surface area contributed by atoms with E-state index in [2.05, 4.69) is 4.98 Å². The Morgan fingerprint density at radius 3 is 2.20 bits per heavy atom. The van der Waals surface area contributed by atoms with E-state index in [1.807, 2.05) is 12.1 Å². The Hall–Kier alpha value is -2.38. The van der Waals surface area contributed by atoms with Gasteiger partial charge in [-0.05, 0) is 11.6 Å². The fraction of sp³-hybridized carbons (Fsp3) is 0.444. The summed E-state index contributed by atoms with van der Waals surface area (Å²) in [6.07, 6.45) is 0.801. The number of aliphatic hydroxyl groups is 1. The molecule has 0 radical (unpaired) electrons. The fourth-order valence-electron chi connectivity index (χ4n) is 2.28. The molecule has 7 heteroatoms. The van der Waals surface area contributed by atoms with Crippen molar-refractivity contribution >= 4 is 22.8 Å². The van der Waals surface area contributed by atoms with Crippen LogP contribution < -0.4 is 5.73 Å². The van der Waals surface area contributed by atoms with E-state index >= 15 is 0 Å². The van der Waals surface area contributed by atoms with E-state index in [4.69, 9.17) is 10.8 Å². The zero-order chi connectivity index (χ0) is 15.6. The number of H-pyrrole nitrogens is 1. The molecule has 0 spiro atoms. The molecule has 0 fully saturated rings. The first-order chi connectivity index (χ1) is 9.83. The standard InChI is InChI=1S/C14H16N2O5.4CH4/c15-10(12(17)18)6-14(21,13(19)20)5-8-7-16-11-4-2-1-3-9(8)11;;;;/h1-4,7,10,16,21H,5-6,15H2,(H,17,18)(H,19,20);4*1H4. The molecule has 0 aliphatic heterocycles. The summed E-state index contributed by atoms with van der Waals surface area (Å²) in [6.45, 7) is 0. The molecule has 1 aromatic carbocycles. The van der Waals surface area contributed by atoms with Gasteiger partial charge >= 0.3 is 11.9 Å². The number of nitrogens with one attached hydrogen (secondary N) is 1. The maximum absolute atomic E-state index is 11.3. The predicted molar refractivity (Wildman–Crippen MR) is 102 cm³/mol. The number of para-hydroxylation sites is 1. The quantitative estimate of drug-likeness (QED) is 0.540. The second-order valence-electron chi connectivity index (χ2n) is 5.02. The maximum atomic E-state index is 11.3.